The first-order chi connectivity index (χ1) is 14.6. The van der Waals surface area contributed by atoms with Gasteiger partial charge in [0, 0.05) is 23.1 Å². The smallest absolute Gasteiger partial charge is 0.283 e. The van der Waals surface area contributed by atoms with Crippen LogP contribution in [0.25, 0.3) is 17.4 Å². The molecule has 0 spiro atoms. The first-order valence-electron chi connectivity index (χ1n) is 9.69. The van der Waals surface area contributed by atoms with E-state index in [-0.39, 0.29) is 11.4 Å². The van der Waals surface area contributed by atoms with Gasteiger partial charge in [-0.25, -0.2) is 0 Å². The summed E-state index contributed by atoms with van der Waals surface area (Å²) in [7, 11) is 0. The molecule has 0 aliphatic carbocycles. The van der Waals surface area contributed by atoms with Crippen molar-refractivity contribution in [3.05, 3.63) is 52.2 Å². The standard InChI is InChI=1S/C21H18BrN5O2S/c22-14-6-4-13(5-7-14)17-9-8-15(29-17)12-16-18(23)27-20(24-19(16)28)30-21(25-27)26-10-2-1-3-11-26/h4-9,12,23H,1-3,10-11H2/b16-12+,23-18?. The number of nitrogens with zero attached hydrogens (tertiary/aromatic N) is 4. The summed E-state index contributed by atoms with van der Waals surface area (Å²) in [6, 6.07) is 11.4. The SMILES string of the molecule is N=C1/C(=C\c2ccc(-c3ccc(Br)cc3)o2)C(=O)N=C2SC(N3CCCCC3)=NN12. The Labute approximate surface area is 186 Å². The van der Waals surface area contributed by atoms with Crippen molar-refractivity contribution in [2.75, 3.05) is 13.1 Å². The molecule has 0 saturated carbocycles. The first kappa shape index (κ1) is 19.3. The molecule has 1 aromatic carbocycles. The van der Waals surface area contributed by atoms with Gasteiger partial charge >= 0.3 is 0 Å². The molecule has 7 nitrogen and oxygen atoms in total. The molecule has 1 fully saturated rings. The molecule has 1 amide bonds. The Morgan fingerprint density at radius 2 is 1.83 bits per heavy atom. The number of hydrazone groups is 1. The van der Waals surface area contributed by atoms with Crippen molar-refractivity contribution >= 4 is 55.8 Å². The van der Waals surface area contributed by atoms with Gasteiger partial charge in [-0.3, -0.25) is 10.2 Å². The molecule has 4 heterocycles. The largest absolute Gasteiger partial charge is 0.457 e. The Morgan fingerprint density at radius 3 is 2.60 bits per heavy atom. The van der Waals surface area contributed by atoms with Crippen LogP contribution in [0.1, 0.15) is 25.0 Å². The second kappa shape index (κ2) is 7.88. The number of halogens is 1. The van der Waals surface area contributed by atoms with E-state index in [1.54, 1.807) is 12.1 Å². The van der Waals surface area contributed by atoms with Crippen molar-refractivity contribution in [1.29, 1.82) is 5.41 Å². The highest BCUT2D eigenvalue weighted by atomic mass is 79.9. The summed E-state index contributed by atoms with van der Waals surface area (Å²) >= 11 is 4.78. The molecule has 1 N–H and O–H groups in total. The van der Waals surface area contributed by atoms with E-state index in [2.05, 4.69) is 30.9 Å². The van der Waals surface area contributed by atoms with Gasteiger partial charge in [0.15, 0.2) is 11.0 Å². The number of benzene rings is 1. The van der Waals surface area contributed by atoms with Crippen molar-refractivity contribution in [3.63, 3.8) is 0 Å². The zero-order chi connectivity index (χ0) is 20.7. The maximum Gasteiger partial charge on any atom is 0.283 e. The summed E-state index contributed by atoms with van der Waals surface area (Å²) in [4.78, 5) is 19.0. The highest BCUT2D eigenvalue weighted by Gasteiger charge is 2.37. The highest BCUT2D eigenvalue weighted by Crippen LogP contribution is 2.31. The van der Waals surface area contributed by atoms with E-state index in [0.29, 0.717) is 16.7 Å². The van der Waals surface area contributed by atoms with E-state index in [9.17, 15) is 4.79 Å². The van der Waals surface area contributed by atoms with Crippen LogP contribution in [0.5, 0.6) is 0 Å². The average molecular weight is 484 g/mol. The number of hydrogen-bond donors (Lipinski definition) is 1. The topological polar surface area (TPSA) is 85.3 Å². The third kappa shape index (κ3) is 3.63. The van der Waals surface area contributed by atoms with E-state index in [1.165, 1.54) is 23.2 Å². The quantitative estimate of drug-likeness (QED) is 0.621. The molecule has 1 aromatic heterocycles. The molecule has 0 unspecified atom stereocenters. The number of fused-ring (bicyclic) bond motifs is 1. The summed E-state index contributed by atoms with van der Waals surface area (Å²) < 4.78 is 6.87. The molecule has 0 radical (unpaired) electrons. The van der Waals surface area contributed by atoms with E-state index in [1.807, 2.05) is 30.3 Å². The summed E-state index contributed by atoms with van der Waals surface area (Å²) in [6.45, 7) is 1.89. The average Bonchev–Trinajstić information content (AvgIpc) is 3.40. The molecule has 0 atom stereocenters. The van der Waals surface area contributed by atoms with Crippen molar-refractivity contribution in [1.82, 2.24) is 9.91 Å². The minimum absolute atomic E-state index is 0.0195. The number of thioether (sulfide) groups is 1. The van der Waals surface area contributed by atoms with Crippen molar-refractivity contribution in [3.8, 4) is 11.3 Å². The van der Waals surface area contributed by atoms with Crippen LogP contribution < -0.4 is 0 Å². The van der Waals surface area contributed by atoms with E-state index in [0.717, 1.165) is 41.1 Å². The Morgan fingerprint density at radius 1 is 1.07 bits per heavy atom. The van der Waals surface area contributed by atoms with Crippen molar-refractivity contribution in [2.45, 2.75) is 19.3 Å². The summed E-state index contributed by atoms with van der Waals surface area (Å²) in [5.41, 5.74) is 1.10. The molecule has 3 aliphatic heterocycles. The number of nitrogens with one attached hydrogen (secondary N) is 1. The predicted molar refractivity (Wildman–Crippen MR) is 122 cm³/mol. The normalized spacial score (nSPS) is 20.5. The van der Waals surface area contributed by atoms with Crippen molar-refractivity contribution in [2.24, 2.45) is 10.1 Å². The lowest BCUT2D eigenvalue weighted by atomic mass is 10.1. The molecule has 3 aliphatic rings. The van der Waals surface area contributed by atoms with Gasteiger partial charge in [0.25, 0.3) is 5.91 Å². The zero-order valence-electron chi connectivity index (χ0n) is 16.0. The molecule has 152 valence electrons. The number of piperidine rings is 1. The zero-order valence-corrected chi connectivity index (χ0v) is 18.4. The van der Waals surface area contributed by atoms with Crippen LogP contribution in [0, 0.1) is 5.41 Å². The first-order valence-corrected chi connectivity index (χ1v) is 11.3. The fourth-order valence-corrected chi connectivity index (χ4v) is 4.75. The fourth-order valence-electron chi connectivity index (χ4n) is 3.54. The number of furan rings is 1. The number of amidine groups is 3. The summed E-state index contributed by atoms with van der Waals surface area (Å²) in [5.74, 6) is 0.753. The molecule has 9 heteroatoms. The number of carbonyl (C=O) groups is 1. The number of carbonyl (C=O) groups excluding carboxylic acids is 1. The second-order valence-corrected chi connectivity index (χ2v) is 9.01. The monoisotopic (exact) mass is 483 g/mol. The minimum atomic E-state index is -0.449. The summed E-state index contributed by atoms with van der Waals surface area (Å²) in [6.07, 6.45) is 5.05. The number of hydrogen-bond acceptors (Lipinski definition) is 6. The highest BCUT2D eigenvalue weighted by molar-refractivity contribution is 9.10. The molecule has 2 aromatic rings. The molecule has 30 heavy (non-hydrogen) atoms. The van der Waals surface area contributed by atoms with Crippen LogP contribution >= 0.6 is 27.7 Å². The van der Waals surface area contributed by atoms with E-state index >= 15 is 0 Å². The lowest BCUT2D eigenvalue weighted by Gasteiger charge is -2.26. The third-order valence-electron chi connectivity index (χ3n) is 5.11. The maximum atomic E-state index is 12.6. The van der Waals surface area contributed by atoms with Crippen LogP contribution in [-0.4, -0.2) is 45.1 Å². The van der Waals surface area contributed by atoms with Gasteiger partial charge in [-0.15, -0.1) is 5.10 Å². The predicted octanol–water partition coefficient (Wildman–Crippen LogP) is 4.77. The van der Waals surface area contributed by atoms with Gasteiger partial charge in [0.2, 0.25) is 5.17 Å². The Hall–Kier alpha value is -2.65. The Kier molecular flexibility index (Phi) is 5.08. The molecule has 5 rings (SSSR count). The van der Waals surface area contributed by atoms with Gasteiger partial charge in [-0.2, -0.15) is 10.0 Å². The third-order valence-corrected chi connectivity index (χ3v) is 6.61. The van der Waals surface area contributed by atoms with Crippen LogP contribution in [-0.2, 0) is 4.79 Å². The maximum absolute atomic E-state index is 12.6. The Bertz CT molecular complexity index is 1110. The molecule has 0 bridgehead atoms. The molecular weight excluding hydrogens is 466 g/mol. The number of likely N-dealkylation sites (tertiary alicyclic amines) is 1. The van der Waals surface area contributed by atoms with E-state index < -0.39 is 5.91 Å². The number of aliphatic imine (C=N–C) groups is 1. The lowest BCUT2D eigenvalue weighted by molar-refractivity contribution is -0.114. The van der Waals surface area contributed by atoms with Crippen LogP contribution in [0.2, 0.25) is 0 Å². The van der Waals surface area contributed by atoms with Crippen molar-refractivity contribution < 1.29 is 9.21 Å². The minimum Gasteiger partial charge on any atom is -0.457 e. The van der Waals surface area contributed by atoms with E-state index in [4.69, 9.17) is 9.83 Å². The van der Waals surface area contributed by atoms with Crippen LogP contribution in [0.3, 0.4) is 0 Å². The molecular formula is C21H18BrN5O2S. The summed E-state index contributed by atoms with van der Waals surface area (Å²) in [5, 5.41) is 15.8. The number of rotatable bonds is 2. The van der Waals surface area contributed by atoms with Crippen LogP contribution in [0.15, 0.2) is 61.0 Å². The van der Waals surface area contributed by atoms with Gasteiger partial charge in [-0.05, 0) is 61.4 Å². The van der Waals surface area contributed by atoms with Crippen LogP contribution in [0.4, 0.5) is 0 Å². The lowest BCUT2D eigenvalue weighted by Crippen LogP contribution is -2.35. The van der Waals surface area contributed by atoms with Gasteiger partial charge in [0.05, 0.1) is 5.57 Å². The van der Waals surface area contributed by atoms with Gasteiger partial charge in [-0.1, -0.05) is 28.1 Å². The molecule has 1 saturated heterocycles. The Balaban J connectivity index is 1.40. The second-order valence-electron chi connectivity index (χ2n) is 7.16. The fraction of sp³-hybridized carbons (Fsp3) is 0.238. The van der Waals surface area contributed by atoms with Gasteiger partial charge in [0.1, 0.15) is 11.5 Å². The van der Waals surface area contributed by atoms with Gasteiger partial charge < -0.3 is 9.32 Å². The number of amides is 1.